The summed E-state index contributed by atoms with van der Waals surface area (Å²) in [5.74, 6) is 0.310. The molecule has 5 nitrogen and oxygen atoms in total. The lowest BCUT2D eigenvalue weighted by Crippen LogP contribution is -2.65. The van der Waals surface area contributed by atoms with Crippen LogP contribution in [0.2, 0.25) is 0 Å². The van der Waals surface area contributed by atoms with Crippen LogP contribution in [0.3, 0.4) is 0 Å². The fraction of sp³-hybridized carbons (Fsp3) is 0.357. The van der Waals surface area contributed by atoms with Crippen LogP contribution in [0.4, 0.5) is 15.8 Å². The Balaban J connectivity index is 0.000000172. The molecule has 35 heavy (non-hydrogen) atoms. The topological polar surface area (TPSA) is 46.6 Å². The van der Waals surface area contributed by atoms with E-state index in [1.165, 1.54) is 30.4 Å². The molecule has 0 spiro atoms. The van der Waals surface area contributed by atoms with Gasteiger partial charge < -0.3 is 14.1 Å². The summed E-state index contributed by atoms with van der Waals surface area (Å²) in [4.78, 5) is 26.4. The number of benzene rings is 2. The number of quaternary nitrogens is 1. The SMILES string of the molecule is CC(=O)OC1C[N+]2(CC(=O)c3cccs3)CCC1CC2.CN(c1ccccc1)c1ccc(F)cc1. The van der Waals surface area contributed by atoms with E-state index in [4.69, 9.17) is 4.74 Å². The van der Waals surface area contributed by atoms with E-state index in [1.807, 2.05) is 59.8 Å². The van der Waals surface area contributed by atoms with Gasteiger partial charge in [-0.1, -0.05) is 24.3 Å². The zero-order valence-electron chi connectivity index (χ0n) is 20.2. The Bertz CT molecular complexity index is 1110. The number of ether oxygens (including phenoxy) is 1. The van der Waals surface area contributed by atoms with Crippen molar-refractivity contribution in [2.45, 2.75) is 25.9 Å². The third-order valence-electron chi connectivity index (χ3n) is 6.99. The van der Waals surface area contributed by atoms with Crippen LogP contribution in [0.1, 0.15) is 29.4 Å². The molecule has 4 heterocycles. The van der Waals surface area contributed by atoms with Crippen molar-refractivity contribution >= 4 is 34.5 Å². The number of piperidine rings is 3. The molecule has 0 N–H and O–H groups in total. The zero-order valence-corrected chi connectivity index (χ0v) is 21.0. The number of para-hydroxylation sites is 1. The fourth-order valence-corrected chi connectivity index (χ4v) is 5.73. The van der Waals surface area contributed by atoms with Gasteiger partial charge in [-0.15, -0.1) is 11.3 Å². The van der Waals surface area contributed by atoms with Crippen LogP contribution in [0.15, 0.2) is 72.1 Å². The average Bonchev–Trinajstić information content (AvgIpc) is 3.41. The van der Waals surface area contributed by atoms with Crippen LogP contribution in [0.5, 0.6) is 0 Å². The van der Waals surface area contributed by atoms with Gasteiger partial charge in [0.1, 0.15) is 18.9 Å². The minimum atomic E-state index is -0.208. The first-order chi connectivity index (χ1) is 16.8. The van der Waals surface area contributed by atoms with Gasteiger partial charge in [-0.25, -0.2) is 4.39 Å². The molecule has 3 saturated heterocycles. The number of Topliss-reactive ketones (excluding diaryl/α,β-unsaturated/α-hetero) is 1. The first kappa shape index (κ1) is 25.1. The van der Waals surface area contributed by atoms with E-state index in [-0.39, 0.29) is 23.7 Å². The van der Waals surface area contributed by atoms with Gasteiger partial charge >= 0.3 is 5.97 Å². The summed E-state index contributed by atoms with van der Waals surface area (Å²) in [7, 11) is 1.96. The second-order valence-corrected chi connectivity index (χ2v) is 10.3. The molecular weight excluding hydrogens is 463 g/mol. The molecule has 3 fully saturated rings. The van der Waals surface area contributed by atoms with Crippen LogP contribution in [0.25, 0.3) is 0 Å². The first-order valence-electron chi connectivity index (χ1n) is 12.0. The Morgan fingerprint density at radius 2 is 1.66 bits per heavy atom. The standard InChI is InChI=1S/C15H20NO3S.C13H12FN/c1-11(17)19-14-10-16(6-4-12(14)5-7-16)9-13(18)15-3-2-8-20-15;1-15(12-5-3-2-4-6-12)13-9-7-11(14)8-10-13/h2-3,8,12,14H,4-7,9-10H2,1H3;2-10H,1H3/q+1;. The predicted molar refractivity (Wildman–Crippen MR) is 138 cm³/mol. The quantitative estimate of drug-likeness (QED) is 0.250. The highest BCUT2D eigenvalue weighted by Gasteiger charge is 2.48. The highest BCUT2D eigenvalue weighted by molar-refractivity contribution is 7.12. The van der Waals surface area contributed by atoms with E-state index < -0.39 is 0 Å². The molecule has 2 aromatic carbocycles. The molecule has 0 aliphatic carbocycles. The monoisotopic (exact) mass is 495 g/mol. The maximum Gasteiger partial charge on any atom is 0.303 e. The number of fused-ring (bicyclic) bond motifs is 3. The van der Waals surface area contributed by atoms with E-state index in [9.17, 15) is 14.0 Å². The zero-order chi connectivity index (χ0) is 24.8. The summed E-state index contributed by atoms with van der Waals surface area (Å²) < 4.78 is 19.0. The molecule has 184 valence electrons. The Hall–Kier alpha value is -3.03. The van der Waals surface area contributed by atoms with Crippen molar-refractivity contribution in [1.29, 1.82) is 0 Å². The van der Waals surface area contributed by atoms with Gasteiger partial charge in [0.25, 0.3) is 0 Å². The maximum absolute atomic E-state index is 12.7. The number of carbonyl (C=O) groups is 2. The van der Waals surface area contributed by atoms with Crippen molar-refractivity contribution in [1.82, 2.24) is 0 Å². The van der Waals surface area contributed by atoms with Crippen molar-refractivity contribution < 1.29 is 23.2 Å². The molecule has 0 amide bonds. The lowest BCUT2D eigenvalue weighted by molar-refractivity contribution is -0.938. The summed E-state index contributed by atoms with van der Waals surface area (Å²) in [6, 6.07) is 20.3. The maximum atomic E-state index is 12.7. The third-order valence-corrected chi connectivity index (χ3v) is 7.90. The number of rotatable bonds is 6. The van der Waals surface area contributed by atoms with Crippen LogP contribution in [-0.4, -0.2) is 55.6 Å². The molecule has 7 heteroatoms. The second-order valence-electron chi connectivity index (χ2n) is 9.39. The number of carbonyl (C=O) groups excluding carboxylic acids is 2. The van der Waals surface area contributed by atoms with Crippen LogP contribution in [0, 0.1) is 11.7 Å². The molecule has 3 aromatic rings. The Labute approximate surface area is 210 Å². The van der Waals surface area contributed by atoms with Crippen LogP contribution in [-0.2, 0) is 9.53 Å². The number of anilines is 2. The molecular formula is C28H32FN2O3S+. The molecule has 0 saturated carbocycles. The molecule has 1 atom stereocenters. The molecule has 0 radical (unpaired) electrons. The van der Waals surface area contributed by atoms with Gasteiger partial charge in [0.2, 0.25) is 5.78 Å². The van der Waals surface area contributed by atoms with Crippen LogP contribution < -0.4 is 4.90 Å². The van der Waals surface area contributed by atoms with Crippen molar-refractivity contribution in [3.05, 3.63) is 82.8 Å². The van der Waals surface area contributed by atoms with Crippen molar-refractivity contribution in [2.75, 3.05) is 38.1 Å². The molecule has 6 rings (SSSR count). The van der Waals surface area contributed by atoms with Gasteiger partial charge in [0, 0.05) is 44.1 Å². The van der Waals surface area contributed by atoms with Gasteiger partial charge in [0.15, 0.2) is 6.10 Å². The minimum Gasteiger partial charge on any atom is -0.456 e. The van der Waals surface area contributed by atoms with Crippen LogP contribution >= 0.6 is 11.3 Å². The highest BCUT2D eigenvalue weighted by Crippen LogP contribution is 2.36. The van der Waals surface area contributed by atoms with E-state index in [0.29, 0.717) is 12.5 Å². The Kier molecular flexibility index (Phi) is 7.98. The van der Waals surface area contributed by atoms with E-state index in [2.05, 4.69) is 0 Å². The summed E-state index contributed by atoms with van der Waals surface area (Å²) in [5.41, 5.74) is 2.06. The van der Waals surface area contributed by atoms with Crippen molar-refractivity contribution in [3.63, 3.8) is 0 Å². The number of halogens is 1. The van der Waals surface area contributed by atoms with Gasteiger partial charge in [-0.3, -0.25) is 9.59 Å². The molecule has 1 aromatic heterocycles. The summed E-state index contributed by atoms with van der Waals surface area (Å²) in [6.45, 7) is 4.91. The summed E-state index contributed by atoms with van der Waals surface area (Å²) in [6.07, 6.45) is 2.14. The van der Waals surface area contributed by atoms with Gasteiger partial charge in [0.05, 0.1) is 18.0 Å². The average molecular weight is 496 g/mol. The number of hydrogen-bond donors (Lipinski definition) is 0. The third kappa shape index (κ3) is 6.35. The van der Waals surface area contributed by atoms with E-state index in [0.717, 1.165) is 53.2 Å². The number of thiophene rings is 1. The van der Waals surface area contributed by atoms with E-state index >= 15 is 0 Å². The molecule has 3 aliphatic rings. The Morgan fingerprint density at radius 1 is 1.00 bits per heavy atom. The minimum absolute atomic E-state index is 0.00568. The smallest absolute Gasteiger partial charge is 0.303 e. The molecule has 2 bridgehead atoms. The first-order valence-corrected chi connectivity index (χ1v) is 12.9. The fourth-order valence-electron chi connectivity index (χ4n) is 5.08. The van der Waals surface area contributed by atoms with Crippen molar-refractivity contribution in [3.8, 4) is 0 Å². The largest absolute Gasteiger partial charge is 0.456 e. The normalized spacial score (nSPS) is 22.6. The van der Waals surface area contributed by atoms with Gasteiger partial charge in [-0.05, 0) is 47.8 Å². The lowest BCUT2D eigenvalue weighted by atomic mass is 9.83. The Morgan fingerprint density at radius 3 is 2.26 bits per heavy atom. The highest BCUT2D eigenvalue weighted by atomic mass is 32.1. The summed E-state index contributed by atoms with van der Waals surface area (Å²) in [5, 5.41) is 1.94. The predicted octanol–water partition coefficient (Wildman–Crippen LogP) is 5.70. The molecule has 3 aliphatic heterocycles. The summed E-state index contributed by atoms with van der Waals surface area (Å²) >= 11 is 1.51. The number of esters is 1. The number of nitrogens with zero attached hydrogens (tertiary/aromatic N) is 2. The second kappa shape index (κ2) is 11.1. The van der Waals surface area contributed by atoms with E-state index in [1.54, 1.807) is 12.1 Å². The van der Waals surface area contributed by atoms with Crippen molar-refractivity contribution in [2.24, 2.45) is 5.92 Å². The number of ketones is 1. The molecule has 1 unspecified atom stereocenters. The van der Waals surface area contributed by atoms with Gasteiger partial charge in [-0.2, -0.15) is 0 Å². The lowest BCUT2D eigenvalue weighted by Gasteiger charge is -2.51. The number of hydrogen-bond acceptors (Lipinski definition) is 5.